The number of carbonyl (C=O) groups is 2. The minimum absolute atomic E-state index is 0.00394. The van der Waals surface area contributed by atoms with Crippen molar-refractivity contribution in [1.82, 2.24) is 25.4 Å². The summed E-state index contributed by atoms with van der Waals surface area (Å²) in [6.07, 6.45) is 1.24. The smallest absolute Gasteiger partial charge is 0.291 e. The molecular weight excluding hydrogens is 186 g/mol. The molecule has 1 aromatic heterocycles. The number of rotatable bonds is 3. The quantitative estimate of drug-likeness (QED) is 0.625. The Hall–Kier alpha value is -1.92. The second kappa shape index (κ2) is 4.35. The van der Waals surface area contributed by atoms with Crippen LogP contribution in [0.1, 0.15) is 10.6 Å². The molecule has 0 bridgehead atoms. The third-order valence-electron chi connectivity index (χ3n) is 1.62. The summed E-state index contributed by atoms with van der Waals surface area (Å²) in [5.74, 6) is -0.483. The van der Waals surface area contributed by atoms with Crippen molar-refractivity contribution in [1.29, 1.82) is 0 Å². The van der Waals surface area contributed by atoms with Gasteiger partial charge in [0, 0.05) is 14.1 Å². The summed E-state index contributed by atoms with van der Waals surface area (Å²) in [6, 6.07) is 0. The van der Waals surface area contributed by atoms with Gasteiger partial charge in [-0.25, -0.2) is 4.98 Å². The second-order valence-corrected chi connectivity index (χ2v) is 2.67. The first-order valence-corrected chi connectivity index (χ1v) is 3.96. The van der Waals surface area contributed by atoms with Crippen molar-refractivity contribution in [2.75, 3.05) is 20.6 Å². The van der Waals surface area contributed by atoms with Crippen LogP contribution in [0, 0.1) is 0 Å². The number of nitrogens with one attached hydrogen (secondary N) is 2. The highest BCUT2D eigenvalue weighted by Gasteiger charge is 2.16. The van der Waals surface area contributed by atoms with E-state index in [4.69, 9.17) is 0 Å². The lowest BCUT2D eigenvalue weighted by Gasteiger charge is -2.13. The second-order valence-electron chi connectivity index (χ2n) is 2.67. The van der Waals surface area contributed by atoms with Gasteiger partial charge in [0.2, 0.25) is 11.7 Å². The standard InChI is InChI=1S/C7H11N5O2/c1-8-5(13)3-12(2)7(14)6-9-4-10-11-6/h4H,3H2,1-2H3,(H,8,13)(H,9,10,11). The zero-order valence-corrected chi connectivity index (χ0v) is 7.94. The van der Waals surface area contributed by atoms with Crippen LogP contribution in [0.15, 0.2) is 6.33 Å². The van der Waals surface area contributed by atoms with Crippen molar-refractivity contribution in [2.24, 2.45) is 0 Å². The molecule has 0 saturated heterocycles. The van der Waals surface area contributed by atoms with Gasteiger partial charge in [-0.15, -0.1) is 0 Å². The number of nitrogens with zero attached hydrogens (tertiary/aromatic N) is 3. The maximum absolute atomic E-state index is 11.5. The average Bonchev–Trinajstić information content (AvgIpc) is 2.69. The molecule has 0 spiro atoms. The minimum atomic E-state index is -0.369. The Morgan fingerprint density at radius 1 is 1.64 bits per heavy atom. The molecule has 1 aromatic rings. The van der Waals surface area contributed by atoms with Gasteiger partial charge in [-0.2, -0.15) is 5.10 Å². The normalized spacial score (nSPS) is 9.57. The summed E-state index contributed by atoms with van der Waals surface area (Å²) in [5.41, 5.74) is 0. The monoisotopic (exact) mass is 197 g/mol. The summed E-state index contributed by atoms with van der Waals surface area (Å²) in [7, 11) is 3.02. The first-order valence-electron chi connectivity index (χ1n) is 3.96. The number of hydrogen-bond donors (Lipinski definition) is 2. The van der Waals surface area contributed by atoms with E-state index in [0.717, 1.165) is 0 Å². The summed E-state index contributed by atoms with van der Waals surface area (Å²) in [4.78, 5) is 27.3. The van der Waals surface area contributed by atoms with Gasteiger partial charge in [0.15, 0.2) is 0 Å². The summed E-state index contributed by atoms with van der Waals surface area (Å²) in [5, 5.41) is 8.38. The molecule has 0 aliphatic carbocycles. The van der Waals surface area contributed by atoms with Crippen molar-refractivity contribution in [3.63, 3.8) is 0 Å². The fourth-order valence-electron chi connectivity index (χ4n) is 0.856. The highest BCUT2D eigenvalue weighted by Crippen LogP contribution is 1.93. The highest BCUT2D eigenvalue weighted by atomic mass is 16.2. The topological polar surface area (TPSA) is 91.0 Å². The average molecular weight is 197 g/mol. The molecule has 0 fully saturated rings. The number of hydrogen-bond acceptors (Lipinski definition) is 4. The Balaban J connectivity index is 2.58. The maximum atomic E-state index is 11.5. The van der Waals surface area contributed by atoms with E-state index in [2.05, 4.69) is 20.5 Å². The van der Waals surface area contributed by atoms with Crippen LogP contribution in [0.2, 0.25) is 0 Å². The van der Waals surface area contributed by atoms with Crippen LogP contribution in [-0.2, 0) is 4.79 Å². The van der Waals surface area contributed by atoms with Gasteiger partial charge in [0.1, 0.15) is 6.33 Å². The van der Waals surface area contributed by atoms with E-state index in [9.17, 15) is 9.59 Å². The zero-order chi connectivity index (χ0) is 10.6. The molecule has 0 atom stereocenters. The summed E-state index contributed by atoms with van der Waals surface area (Å²) in [6.45, 7) is -0.00394. The van der Waals surface area contributed by atoms with Crippen molar-refractivity contribution >= 4 is 11.8 Å². The van der Waals surface area contributed by atoms with Crippen molar-refractivity contribution in [2.45, 2.75) is 0 Å². The molecule has 0 aliphatic rings. The number of H-pyrrole nitrogens is 1. The Labute approximate surface area is 80.5 Å². The molecule has 0 radical (unpaired) electrons. The fraction of sp³-hybridized carbons (Fsp3) is 0.429. The Morgan fingerprint density at radius 3 is 2.86 bits per heavy atom. The molecule has 7 heteroatoms. The third kappa shape index (κ3) is 2.28. The number of aromatic amines is 1. The minimum Gasteiger partial charge on any atom is -0.358 e. The van der Waals surface area contributed by atoms with Gasteiger partial charge in [-0.3, -0.25) is 14.7 Å². The van der Waals surface area contributed by atoms with Gasteiger partial charge in [-0.1, -0.05) is 0 Å². The summed E-state index contributed by atoms with van der Waals surface area (Å²) < 4.78 is 0. The molecule has 2 amide bonds. The van der Waals surface area contributed by atoms with E-state index < -0.39 is 0 Å². The van der Waals surface area contributed by atoms with E-state index in [0.29, 0.717) is 0 Å². The molecule has 0 unspecified atom stereocenters. The Bertz CT molecular complexity index is 321. The molecule has 14 heavy (non-hydrogen) atoms. The molecule has 2 N–H and O–H groups in total. The number of amides is 2. The molecule has 76 valence electrons. The Kier molecular flexibility index (Phi) is 3.16. The first kappa shape index (κ1) is 10.2. The fourth-order valence-corrected chi connectivity index (χ4v) is 0.856. The van der Waals surface area contributed by atoms with Crippen LogP contribution in [0.3, 0.4) is 0 Å². The predicted octanol–water partition coefficient (Wildman–Crippen LogP) is -1.38. The van der Waals surface area contributed by atoms with Crippen LogP contribution in [0.5, 0.6) is 0 Å². The van der Waals surface area contributed by atoms with Crippen LogP contribution in [0.25, 0.3) is 0 Å². The van der Waals surface area contributed by atoms with E-state index in [-0.39, 0.29) is 24.2 Å². The van der Waals surface area contributed by atoms with Gasteiger partial charge in [0.05, 0.1) is 6.54 Å². The zero-order valence-electron chi connectivity index (χ0n) is 7.94. The molecule has 1 rings (SSSR count). The first-order chi connectivity index (χ1) is 6.65. The SMILES string of the molecule is CNC(=O)CN(C)C(=O)c1ncn[nH]1. The lowest BCUT2D eigenvalue weighted by Crippen LogP contribution is -2.37. The Morgan fingerprint density at radius 2 is 2.36 bits per heavy atom. The van der Waals surface area contributed by atoms with Gasteiger partial charge < -0.3 is 10.2 Å². The lowest BCUT2D eigenvalue weighted by molar-refractivity contribution is -0.121. The summed E-state index contributed by atoms with van der Waals surface area (Å²) >= 11 is 0. The predicted molar refractivity (Wildman–Crippen MR) is 47.4 cm³/mol. The molecule has 1 heterocycles. The van der Waals surface area contributed by atoms with Crippen LogP contribution in [0.4, 0.5) is 0 Å². The number of likely N-dealkylation sites (N-methyl/N-ethyl adjacent to an activating group) is 2. The van der Waals surface area contributed by atoms with Gasteiger partial charge in [0.25, 0.3) is 5.91 Å². The number of carbonyl (C=O) groups excluding carboxylic acids is 2. The van der Waals surface area contributed by atoms with E-state index in [1.165, 1.54) is 25.3 Å². The third-order valence-corrected chi connectivity index (χ3v) is 1.62. The van der Waals surface area contributed by atoms with E-state index in [1.54, 1.807) is 0 Å². The molecule has 0 aromatic carbocycles. The van der Waals surface area contributed by atoms with Crippen LogP contribution < -0.4 is 5.32 Å². The molecule has 0 aliphatic heterocycles. The largest absolute Gasteiger partial charge is 0.358 e. The molecule has 7 nitrogen and oxygen atoms in total. The molecule has 0 saturated carbocycles. The maximum Gasteiger partial charge on any atom is 0.291 e. The van der Waals surface area contributed by atoms with Crippen molar-refractivity contribution < 1.29 is 9.59 Å². The van der Waals surface area contributed by atoms with E-state index >= 15 is 0 Å². The number of aromatic nitrogens is 3. The van der Waals surface area contributed by atoms with Crippen molar-refractivity contribution in [3.05, 3.63) is 12.2 Å². The molecular formula is C7H11N5O2. The van der Waals surface area contributed by atoms with Crippen molar-refractivity contribution in [3.8, 4) is 0 Å². The van der Waals surface area contributed by atoms with Crippen LogP contribution >= 0.6 is 0 Å². The lowest BCUT2D eigenvalue weighted by atomic mass is 10.4. The van der Waals surface area contributed by atoms with E-state index in [1.807, 2.05) is 0 Å². The highest BCUT2D eigenvalue weighted by molar-refractivity contribution is 5.93. The van der Waals surface area contributed by atoms with Gasteiger partial charge >= 0.3 is 0 Å². The van der Waals surface area contributed by atoms with Crippen LogP contribution in [-0.4, -0.2) is 52.5 Å². The van der Waals surface area contributed by atoms with Gasteiger partial charge in [-0.05, 0) is 0 Å².